The van der Waals surface area contributed by atoms with Crippen molar-refractivity contribution in [2.45, 2.75) is 53.1 Å². The van der Waals surface area contributed by atoms with Crippen molar-refractivity contribution in [1.29, 1.82) is 0 Å². The fraction of sp³-hybridized carbons (Fsp3) is 0.700. The van der Waals surface area contributed by atoms with E-state index in [1.807, 2.05) is 13.8 Å². The average molecular weight is 316 g/mol. The maximum atomic E-state index is 12.9. The summed E-state index contributed by atoms with van der Waals surface area (Å²) in [6.45, 7) is 12.1. The van der Waals surface area contributed by atoms with E-state index in [0.717, 1.165) is 18.4 Å². The summed E-state index contributed by atoms with van der Waals surface area (Å²) in [4.78, 5) is 25.4. The van der Waals surface area contributed by atoms with E-state index in [0.29, 0.717) is 12.3 Å². The van der Waals surface area contributed by atoms with Crippen LogP contribution in [-0.2, 0) is 9.59 Å². The van der Waals surface area contributed by atoms with Crippen molar-refractivity contribution < 1.29 is 14.7 Å². The molecule has 0 bridgehead atoms. The van der Waals surface area contributed by atoms with Gasteiger partial charge >= 0.3 is 0 Å². The fourth-order valence-corrected chi connectivity index (χ4v) is 6.05. The number of fused-ring (bicyclic) bond motifs is 3. The summed E-state index contributed by atoms with van der Waals surface area (Å²) in [6, 6.07) is 0. The van der Waals surface area contributed by atoms with Gasteiger partial charge in [-0.05, 0) is 47.7 Å². The highest BCUT2D eigenvalue weighted by Gasteiger charge is 2.62. The minimum atomic E-state index is -0.910. The van der Waals surface area contributed by atoms with E-state index in [9.17, 15) is 14.7 Å². The normalized spacial score (nSPS) is 45.8. The number of carbonyl (C=O) groups excluding carboxylic acids is 2. The molecular weight excluding hydrogens is 288 g/mol. The number of aliphatic hydroxyl groups excluding tert-OH is 1. The van der Waals surface area contributed by atoms with Gasteiger partial charge in [0.05, 0.1) is 0 Å². The van der Waals surface area contributed by atoms with Crippen molar-refractivity contribution >= 4 is 11.6 Å². The maximum absolute atomic E-state index is 12.9. The number of rotatable bonds is 1. The standard InChI is InChI=1S/C20H28O3/c1-6-12-9-14(21)17-13(11(12)2)7-8-16-19(3,4)18(23)15(22)10-20(16,17)5/h6,9,11,13,16-18,23H,1,7-8,10H2,2-5H3/t11-,13+,16+,17-,18+,20+/m1/s1. The summed E-state index contributed by atoms with van der Waals surface area (Å²) in [5.41, 5.74) is 0.206. The Kier molecular flexibility index (Phi) is 3.72. The fourth-order valence-electron chi connectivity index (χ4n) is 6.05. The molecule has 3 aliphatic carbocycles. The molecule has 3 rings (SSSR count). The maximum Gasteiger partial charge on any atom is 0.162 e. The second-order valence-corrected chi connectivity index (χ2v) is 8.68. The van der Waals surface area contributed by atoms with Gasteiger partial charge < -0.3 is 5.11 Å². The van der Waals surface area contributed by atoms with Crippen LogP contribution in [0, 0.1) is 34.5 Å². The van der Waals surface area contributed by atoms with Crippen molar-refractivity contribution in [3.63, 3.8) is 0 Å². The number of allylic oxidation sites excluding steroid dienone is 3. The molecule has 0 unspecified atom stereocenters. The van der Waals surface area contributed by atoms with Gasteiger partial charge in [0.25, 0.3) is 0 Å². The summed E-state index contributed by atoms with van der Waals surface area (Å²) < 4.78 is 0. The molecule has 2 saturated carbocycles. The molecule has 0 spiro atoms. The second-order valence-electron chi connectivity index (χ2n) is 8.68. The summed E-state index contributed by atoms with van der Waals surface area (Å²) in [6.07, 6.45) is 4.90. The van der Waals surface area contributed by atoms with Gasteiger partial charge in [0.2, 0.25) is 0 Å². The van der Waals surface area contributed by atoms with Crippen LogP contribution >= 0.6 is 0 Å². The second kappa shape index (κ2) is 5.14. The quantitative estimate of drug-likeness (QED) is 0.807. The lowest BCUT2D eigenvalue weighted by Gasteiger charge is -2.60. The van der Waals surface area contributed by atoms with Gasteiger partial charge in [-0.3, -0.25) is 9.59 Å². The number of aliphatic hydroxyl groups is 1. The van der Waals surface area contributed by atoms with Crippen molar-refractivity contribution in [3.05, 3.63) is 24.3 Å². The summed E-state index contributed by atoms with van der Waals surface area (Å²) >= 11 is 0. The Morgan fingerprint density at radius 3 is 2.52 bits per heavy atom. The molecule has 3 heteroatoms. The minimum Gasteiger partial charge on any atom is -0.385 e. The first kappa shape index (κ1) is 16.6. The number of ketones is 2. The topological polar surface area (TPSA) is 54.4 Å². The third-order valence-corrected chi connectivity index (χ3v) is 7.21. The van der Waals surface area contributed by atoms with Gasteiger partial charge in [0, 0.05) is 17.8 Å². The highest BCUT2D eigenvalue weighted by molar-refractivity contribution is 5.96. The lowest BCUT2D eigenvalue weighted by molar-refractivity contribution is -0.175. The van der Waals surface area contributed by atoms with Gasteiger partial charge in [-0.2, -0.15) is 0 Å². The van der Waals surface area contributed by atoms with E-state index in [-0.39, 0.29) is 34.7 Å². The summed E-state index contributed by atoms with van der Waals surface area (Å²) in [5.74, 6) is 0.705. The van der Waals surface area contributed by atoms with E-state index in [1.165, 1.54) is 0 Å². The molecule has 126 valence electrons. The molecule has 0 saturated heterocycles. The van der Waals surface area contributed by atoms with Crippen LogP contribution in [0.3, 0.4) is 0 Å². The molecule has 0 aromatic rings. The highest BCUT2D eigenvalue weighted by atomic mass is 16.3. The molecule has 2 fully saturated rings. The van der Waals surface area contributed by atoms with Crippen LogP contribution in [0.4, 0.5) is 0 Å². The molecule has 23 heavy (non-hydrogen) atoms. The van der Waals surface area contributed by atoms with Gasteiger partial charge in [-0.15, -0.1) is 0 Å². The number of Topliss-reactive ketones (excluding diaryl/α,β-unsaturated/α-hetero) is 1. The third-order valence-electron chi connectivity index (χ3n) is 7.21. The van der Waals surface area contributed by atoms with E-state index in [2.05, 4.69) is 20.4 Å². The van der Waals surface area contributed by atoms with E-state index < -0.39 is 11.5 Å². The molecule has 0 amide bonds. The van der Waals surface area contributed by atoms with E-state index >= 15 is 0 Å². The van der Waals surface area contributed by atoms with Crippen molar-refractivity contribution in [3.8, 4) is 0 Å². The lowest BCUT2D eigenvalue weighted by atomic mass is 9.43. The van der Waals surface area contributed by atoms with Gasteiger partial charge in [0.1, 0.15) is 6.10 Å². The molecule has 3 aliphatic rings. The molecule has 0 aliphatic heterocycles. The molecule has 0 aromatic heterocycles. The van der Waals surface area contributed by atoms with Gasteiger partial charge in [0.15, 0.2) is 11.6 Å². The zero-order chi connectivity index (χ0) is 17.2. The predicted octanol–water partition coefficient (Wildman–Crippen LogP) is 3.33. The zero-order valence-corrected chi connectivity index (χ0v) is 14.6. The van der Waals surface area contributed by atoms with Crippen LogP contribution in [0.1, 0.15) is 47.0 Å². The first-order valence-corrected chi connectivity index (χ1v) is 8.73. The van der Waals surface area contributed by atoms with Crippen LogP contribution in [0.15, 0.2) is 24.3 Å². The highest BCUT2D eigenvalue weighted by Crippen LogP contribution is 2.62. The average Bonchev–Trinajstić information content (AvgIpc) is 2.47. The summed E-state index contributed by atoms with van der Waals surface area (Å²) in [7, 11) is 0. The van der Waals surface area contributed by atoms with Gasteiger partial charge in [-0.1, -0.05) is 40.3 Å². The largest absolute Gasteiger partial charge is 0.385 e. The van der Waals surface area contributed by atoms with E-state index in [1.54, 1.807) is 12.2 Å². The monoisotopic (exact) mass is 316 g/mol. The molecule has 6 atom stereocenters. The Bertz CT molecular complexity index is 600. The molecule has 3 nitrogen and oxygen atoms in total. The molecule has 1 N–H and O–H groups in total. The van der Waals surface area contributed by atoms with Crippen molar-refractivity contribution in [1.82, 2.24) is 0 Å². The predicted molar refractivity (Wildman–Crippen MR) is 89.7 cm³/mol. The zero-order valence-electron chi connectivity index (χ0n) is 14.6. The molecular formula is C20H28O3. The van der Waals surface area contributed by atoms with E-state index in [4.69, 9.17) is 0 Å². The molecule has 0 radical (unpaired) electrons. The Balaban J connectivity index is 2.09. The molecule has 0 aromatic carbocycles. The Labute approximate surface area is 138 Å². The van der Waals surface area contributed by atoms with Crippen molar-refractivity contribution in [2.75, 3.05) is 0 Å². The first-order valence-electron chi connectivity index (χ1n) is 8.73. The Morgan fingerprint density at radius 1 is 1.26 bits per heavy atom. The SMILES string of the molecule is C=CC1=CC(=O)[C@H]2[C@@H](CC[C@H]3C(C)(C)[C@@H](O)C(=O)C[C@]23C)[C@@H]1C. The van der Waals surface area contributed by atoms with Crippen LogP contribution < -0.4 is 0 Å². The van der Waals surface area contributed by atoms with Gasteiger partial charge in [-0.25, -0.2) is 0 Å². The van der Waals surface area contributed by atoms with Crippen LogP contribution in [-0.4, -0.2) is 22.8 Å². The summed E-state index contributed by atoms with van der Waals surface area (Å²) in [5, 5.41) is 10.4. The number of hydrogen-bond acceptors (Lipinski definition) is 3. The molecule has 0 heterocycles. The first-order chi connectivity index (χ1) is 10.6. The lowest BCUT2D eigenvalue weighted by Crippen LogP contribution is -2.62. The smallest absolute Gasteiger partial charge is 0.162 e. The van der Waals surface area contributed by atoms with Crippen LogP contribution in [0.5, 0.6) is 0 Å². The minimum absolute atomic E-state index is 0.103. The Morgan fingerprint density at radius 2 is 1.91 bits per heavy atom. The van der Waals surface area contributed by atoms with Crippen molar-refractivity contribution in [2.24, 2.45) is 34.5 Å². The van der Waals surface area contributed by atoms with Crippen LogP contribution in [0.25, 0.3) is 0 Å². The van der Waals surface area contributed by atoms with Crippen LogP contribution in [0.2, 0.25) is 0 Å². The third kappa shape index (κ3) is 2.12. The number of carbonyl (C=O) groups is 2. The number of hydrogen-bond donors (Lipinski definition) is 1. The Hall–Kier alpha value is -1.22.